The molecule has 0 aromatic rings. The van der Waals surface area contributed by atoms with E-state index in [2.05, 4.69) is 0 Å². The minimum absolute atomic E-state index is 0. The second kappa shape index (κ2) is 24.9. The van der Waals surface area contributed by atoms with Crippen LogP contribution in [0.15, 0.2) is 0 Å². The summed E-state index contributed by atoms with van der Waals surface area (Å²) < 4.78 is 0. The Balaban J connectivity index is -0.000000285. The molecule has 18 N–H and O–H groups in total. The first-order chi connectivity index (χ1) is 20.5. The van der Waals surface area contributed by atoms with Crippen molar-refractivity contribution in [3.05, 3.63) is 0 Å². The molecule has 0 spiro atoms. The van der Waals surface area contributed by atoms with Crippen molar-refractivity contribution in [2.24, 2.45) is 0 Å². The minimum atomic E-state index is -2.40. The normalized spacial score (nSPS) is 21.0. The number of aliphatic hydroxyl groups excluding tert-OH is 18. The standard InChI is InChI=1S/3C7H14O8.B/c3*8-1-2(9)3(10)4(11)5(12)6(13)7(14)15;/h3*2-6,8-13H,1H2,(H,14,15);/q;;;+3/p-3/t3*2-,3+,4-,5-,6-;/m111./s1. The molecule has 0 aromatic carbocycles. The first-order valence-corrected chi connectivity index (χ1v) is 12.1. The van der Waals surface area contributed by atoms with E-state index < -0.39 is 129 Å². The van der Waals surface area contributed by atoms with E-state index in [-0.39, 0.29) is 8.41 Å². The molecule has 0 aromatic heterocycles. The molecule has 24 nitrogen and oxygen atoms in total. The van der Waals surface area contributed by atoms with Gasteiger partial charge in [0.2, 0.25) is 0 Å². The maximum Gasteiger partial charge on any atom is 3.00 e. The van der Waals surface area contributed by atoms with Gasteiger partial charge in [-0.2, -0.15) is 0 Å². The largest absolute Gasteiger partial charge is 3.00 e. The number of carbonyl (C=O) groups excluding carboxylic acids is 3. The van der Waals surface area contributed by atoms with Crippen LogP contribution >= 0.6 is 0 Å². The van der Waals surface area contributed by atoms with Gasteiger partial charge < -0.3 is 122 Å². The molecule has 46 heavy (non-hydrogen) atoms. The SMILES string of the molecule is O=C([O-])[C@H](O)[C@H](O)[C@H](O)[C@@H](O)[C@H](O)CO.O=C([O-])[C@H](O)[C@H](O)[C@H](O)[C@@H](O)[C@H](O)CO.O=C([O-])[C@H](O)[C@H](O)[C@H](O)[C@@H](O)[C@H](O)CO.[B+3]. The Morgan fingerprint density at radius 2 is 0.500 bits per heavy atom. The van der Waals surface area contributed by atoms with Crippen molar-refractivity contribution < 1.29 is 122 Å². The van der Waals surface area contributed by atoms with Crippen LogP contribution in [0.5, 0.6) is 0 Å². The topological polar surface area (TPSA) is 485 Å². The Hall–Kier alpha value is -2.25. The monoisotopic (exact) mass is 686 g/mol. The molecular formula is C21H39BO24. The van der Waals surface area contributed by atoms with Gasteiger partial charge in [-0.1, -0.05) is 0 Å². The van der Waals surface area contributed by atoms with Gasteiger partial charge in [0.25, 0.3) is 0 Å². The summed E-state index contributed by atoms with van der Waals surface area (Å²) in [4.78, 5) is 30.2. The summed E-state index contributed by atoms with van der Waals surface area (Å²) in [5.74, 6) is -6.10. The number of aliphatic hydroxyl groups is 18. The van der Waals surface area contributed by atoms with Gasteiger partial charge in [-0.3, -0.25) is 0 Å². The second-order valence-electron chi connectivity index (χ2n) is 8.96. The van der Waals surface area contributed by atoms with Crippen molar-refractivity contribution in [3.8, 4) is 0 Å². The fraction of sp³-hybridized carbons (Fsp3) is 0.857. The van der Waals surface area contributed by atoms with Gasteiger partial charge >= 0.3 is 8.41 Å². The summed E-state index contributed by atoms with van der Waals surface area (Å²) in [6, 6.07) is 0. The molecule has 0 unspecified atom stereocenters. The predicted molar refractivity (Wildman–Crippen MR) is 132 cm³/mol. The average Bonchev–Trinajstić information content (AvgIpc) is 3.02. The fourth-order valence-corrected chi connectivity index (χ4v) is 2.59. The van der Waals surface area contributed by atoms with E-state index in [1.807, 2.05) is 0 Å². The average molecular weight is 686 g/mol. The van der Waals surface area contributed by atoms with Crippen LogP contribution in [0.3, 0.4) is 0 Å². The third-order valence-electron chi connectivity index (χ3n) is 5.54. The molecule has 0 heterocycles. The molecule has 0 saturated carbocycles. The van der Waals surface area contributed by atoms with E-state index in [4.69, 9.17) is 91.9 Å². The third kappa shape index (κ3) is 17.1. The van der Waals surface area contributed by atoms with Crippen molar-refractivity contribution in [2.75, 3.05) is 19.8 Å². The van der Waals surface area contributed by atoms with Crippen LogP contribution in [0.1, 0.15) is 0 Å². The molecule has 0 rings (SSSR count). The number of carbonyl (C=O) groups is 3. The Labute approximate surface area is 260 Å². The Morgan fingerprint density at radius 3 is 0.609 bits per heavy atom. The van der Waals surface area contributed by atoms with E-state index in [0.29, 0.717) is 0 Å². The van der Waals surface area contributed by atoms with E-state index in [0.717, 1.165) is 0 Å². The van der Waals surface area contributed by atoms with Crippen LogP contribution in [0, 0.1) is 0 Å². The van der Waals surface area contributed by atoms with Crippen molar-refractivity contribution in [1.82, 2.24) is 0 Å². The summed E-state index contributed by atoms with van der Waals surface area (Å²) in [6.45, 7) is -2.69. The smallest absolute Gasteiger partial charge is 0.547 e. The van der Waals surface area contributed by atoms with Gasteiger partial charge in [0.1, 0.15) is 91.6 Å². The van der Waals surface area contributed by atoms with E-state index in [9.17, 15) is 29.7 Å². The van der Waals surface area contributed by atoms with E-state index >= 15 is 0 Å². The molecule has 15 atom stereocenters. The molecule has 0 radical (unpaired) electrons. The third-order valence-corrected chi connectivity index (χ3v) is 5.54. The van der Waals surface area contributed by atoms with Gasteiger partial charge in [-0.25, -0.2) is 0 Å². The summed E-state index contributed by atoms with van der Waals surface area (Å²) >= 11 is 0. The first kappa shape index (κ1) is 50.6. The predicted octanol–water partition coefficient (Wildman–Crippen LogP) is -16.8. The number of carboxylic acid groups (broad SMARTS) is 3. The number of rotatable bonds is 18. The van der Waals surface area contributed by atoms with E-state index in [1.165, 1.54) is 0 Å². The maximum atomic E-state index is 10.1. The number of hydrogen-bond donors (Lipinski definition) is 18. The van der Waals surface area contributed by atoms with E-state index in [1.54, 1.807) is 0 Å². The van der Waals surface area contributed by atoms with Crippen molar-refractivity contribution in [3.63, 3.8) is 0 Å². The quantitative estimate of drug-likeness (QED) is 0.0595. The van der Waals surface area contributed by atoms with Crippen molar-refractivity contribution >= 4 is 26.3 Å². The molecule has 0 bridgehead atoms. The zero-order valence-electron chi connectivity index (χ0n) is 23.4. The van der Waals surface area contributed by atoms with Gasteiger partial charge in [0.05, 0.1) is 37.7 Å². The van der Waals surface area contributed by atoms with Crippen LogP contribution in [0.4, 0.5) is 0 Å². The molecule has 0 saturated heterocycles. The number of hydrogen-bond acceptors (Lipinski definition) is 24. The summed E-state index contributed by atoms with van der Waals surface area (Å²) in [5, 5.41) is 190. The molecule has 0 aliphatic heterocycles. The molecule has 270 valence electrons. The van der Waals surface area contributed by atoms with Crippen molar-refractivity contribution in [2.45, 2.75) is 91.6 Å². The van der Waals surface area contributed by atoms with Gasteiger partial charge in [0, 0.05) is 0 Å². The van der Waals surface area contributed by atoms with Crippen LogP contribution in [-0.4, -0.2) is 230 Å². The van der Waals surface area contributed by atoms with Crippen molar-refractivity contribution in [1.29, 1.82) is 0 Å². The Kier molecular flexibility index (Phi) is 27.4. The molecule has 0 amide bonds. The van der Waals surface area contributed by atoms with Gasteiger partial charge in [0.15, 0.2) is 0 Å². The molecule has 0 aliphatic rings. The molecule has 0 aliphatic carbocycles. The zero-order valence-corrected chi connectivity index (χ0v) is 23.4. The molecule has 0 fully saturated rings. The van der Waals surface area contributed by atoms with Crippen LogP contribution < -0.4 is 15.3 Å². The second-order valence-corrected chi connectivity index (χ2v) is 8.96. The summed E-state index contributed by atoms with van der Waals surface area (Å²) in [6.07, 6.45) is -31.5. The van der Waals surface area contributed by atoms with Crippen LogP contribution in [-0.2, 0) is 14.4 Å². The summed E-state index contributed by atoms with van der Waals surface area (Å²) in [5.41, 5.74) is 0. The minimum Gasteiger partial charge on any atom is -0.547 e. The fourth-order valence-electron chi connectivity index (χ4n) is 2.59. The molecule has 25 heteroatoms. The van der Waals surface area contributed by atoms with Crippen LogP contribution in [0.2, 0.25) is 0 Å². The van der Waals surface area contributed by atoms with Gasteiger partial charge in [-0.05, 0) is 0 Å². The van der Waals surface area contributed by atoms with Crippen LogP contribution in [0.25, 0.3) is 0 Å². The number of aliphatic carboxylic acids is 3. The first-order valence-electron chi connectivity index (χ1n) is 12.1. The summed E-state index contributed by atoms with van der Waals surface area (Å²) in [7, 11) is 0. The maximum absolute atomic E-state index is 10.1. The molecular weight excluding hydrogens is 647 g/mol. The number of carboxylic acids is 3. The van der Waals surface area contributed by atoms with Gasteiger partial charge in [-0.15, -0.1) is 0 Å². The Morgan fingerprint density at radius 1 is 0.348 bits per heavy atom. The zero-order chi connectivity index (χ0) is 36.5. The Bertz CT molecular complexity index is 733.